The van der Waals surface area contributed by atoms with E-state index in [9.17, 15) is 13.2 Å². The van der Waals surface area contributed by atoms with E-state index in [4.69, 9.17) is 21.4 Å². The number of aromatic carboxylic acids is 1. The number of ether oxygens (including phenoxy) is 1. The number of benzene rings is 1. The molecule has 0 unspecified atom stereocenters. The summed E-state index contributed by atoms with van der Waals surface area (Å²) in [6.07, 6.45) is 0.805. The van der Waals surface area contributed by atoms with Crippen molar-refractivity contribution in [2.75, 3.05) is 19.0 Å². The van der Waals surface area contributed by atoms with Gasteiger partial charge in [0.15, 0.2) is 9.84 Å². The fourth-order valence-corrected chi connectivity index (χ4v) is 3.45. The van der Waals surface area contributed by atoms with Crippen molar-refractivity contribution in [3.63, 3.8) is 0 Å². The van der Waals surface area contributed by atoms with E-state index in [0.29, 0.717) is 6.61 Å². The minimum absolute atomic E-state index is 0.0532. The molecule has 1 rings (SSSR count). The highest BCUT2D eigenvalue weighted by Gasteiger charge is 2.22. The first-order valence-electron chi connectivity index (χ1n) is 6.13. The molecule has 0 atom stereocenters. The number of carboxylic acid groups (broad SMARTS) is 1. The lowest BCUT2D eigenvalue weighted by atomic mass is 10.1. The molecule has 0 radical (unpaired) electrons. The van der Waals surface area contributed by atoms with Crippen LogP contribution in [0.5, 0.6) is 0 Å². The molecular formula is C13H17ClO5S. The van der Waals surface area contributed by atoms with Crippen LogP contribution >= 0.6 is 11.6 Å². The van der Waals surface area contributed by atoms with Crippen LogP contribution in [0.2, 0.25) is 5.02 Å². The van der Waals surface area contributed by atoms with E-state index in [-0.39, 0.29) is 33.4 Å². The van der Waals surface area contributed by atoms with E-state index in [2.05, 4.69) is 0 Å². The van der Waals surface area contributed by atoms with Gasteiger partial charge in [-0.05, 0) is 31.0 Å². The molecule has 0 amide bonds. The summed E-state index contributed by atoms with van der Waals surface area (Å²) in [7, 11) is -3.62. The van der Waals surface area contributed by atoms with E-state index in [1.807, 2.05) is 6.92 Å². The third-order valence-corrected chi connectivity index (χ3v) is 4.75. The average Bonchev–Trinajstić information content (AvgIpc) is 2.36. The third-order valence-electron chi connectivity index (χ3n) is 2.74. The summed E-state index contributed by atoms with van der Waals surface area (Å²) in [5.41, 5.74) is 0.0861. The van der Waals surface area contributed by atoms with Crippen LogP contribution in [0.3, 0.4) is 0 Å². The summed E-state index contributed by atoms with van der Waals surface area (Å²) in [6.45, 7) is 3.95. The predicted octanol–water partition coefficient (Wildman–Crippen LogP) is 2.55. The second-order valence-corrected chi connectivity index (χ2v) is 6.83. The zero-order valence-corrected chi connectivity index (χ0v) is 12.9. The van der Waals surface area contributed by atoms with Crippen molar-refractivity contribution < 1.29 is 23.1 Å². The van der Waals surface area contributed by atoms with Gasteiger partial charge in [0.1, 0.15) is 0 Å². The lowest BCUT2D eigenvalue weighted by molar-refractivity contribution is 0.0696. The molecule has 5 nitrogen and oxygen atoms in total. The summed E-state index contributed by atoms with van der Waals surface area (Å²) < 4.78 is 29.6. The van der Waals surface area contributed by atoms with E-state index in [0.717, 1.165) is 6.42 Å². The van der Waals surface area contributed by atoms with Crippen LogP contribution in [0.4, 0.5) is 0 Å². The lowest BCUT2D eigenvalue weighted by Crippen LogP contribution is -2.15. The van der Waals surface area contributed by atoms with Gasteiger partial charge in [-0.1, -0.05) is 18.5 Å². The van der Waals surface area contributed by atoms with Crippen LogP contribution in [-0.2, 0) is 14.6 Å². The Morgan fingerprint density at radius 3 is 2.55 bits per heavy atom. The van der Waals surface area contributed by atoms with Crippen LogP contribution in [0.25, 0.3) is 0 Å². The van der Waals surface area contributed by atoms with Crippen LogP contribution < -0.4 is 0 Å². The van der Waals surface area contributed by atoms with Gasteiger partial charge in [0, 0.05) is 11.6 Å². The Kier molecular flexibility index (Phi) is 5.98. The monoisotopic (exact) mass is 320 g/mol. The van der Waals surface area contributed by atoms with Gasteiger partial charge < -0.3 is 9.84 Å². The maximum Gasteiger partial charge on any atom is 0.336 e. The van der Waals surface area contributed by atoms with Gasteiger partial charge in [-0.25, -0.2) is 13.2 Å². The standard InChI is InChI=1S/C13H17ClO5S/c1-3-4-19-5-6-20(17,18)12-8-10(14)7-11(9(12)2)13(15)16/h7-8H,3-6H2,1-2H3,(H,15,16). The molecule has 0 fully saturated rings. The molecule has 0 aliphatic carbocycles. The lowest BCUT2D eigenvalue weighted by Gasteiger charge is -2.11. The van der Waals surface area contributed by atoms with Crippen LogP contribution in [0.1, 0.15) is 29.3 Å². The van der Waals surface area contributed by atoms with Crippen molar-refractivity contribution in [1.82, 2.24) is 0 Å². The first-order valence-corrected chi connectivity index (χ1v) is 8.16. The smallest absolute Gasteiger partial charge is 0.336 e. The third kappa shape index (κ3) is 4.19. The van der Waals surface area contributed by atoms with Gasteiger partial charge in [-0.15, -0.1) is 0 Å². The minimum Gasteiger partial charge on any atom is -0.478 e. The first-order chi connectivity index (χ1) is 9.29. The van der Waals surface area contributed by atoms with Gasteiger partial charge in [0.2, 0.25) is 0 Å². The molecule has 1 aromatic carbocycles. The van der Waals surface area contributed by atoms with Gasteiger partial charge >= 0.3 is 5.97 Å². The molecule has 7 heteroatoms. The highest BCUT2D eigenvalue weighted by molar-refractivity contribution is 7.91. The highest BCUT2D eigenvalue weighted by atomic mass is 35.5. The summed E-state index contributed by atoms with van der Waals surface area (Å²) in [5.74, 6) is -1.41. The quantitative estimate of drug-likeness (QED) is 0.781. The summed E-state index contributed by atoms with van der Waals surface area (Å²) in [4.78, 5) is 11.0. The minimum atomic E-state index is -3.62. The summed E-state index contributed by atoms with van der Waals surface area (Å²) in [6, 6.07) is 2.52. The molecule has 0 heterocycles. The molecular weight excluding hydrogens is 304 g/mol. The Hall–Kier alpha value is -1.11. The van der Waals surface area contributed by atoms with Crippen molar-refractivity contribution >= 4 is 27.4 Å². The number of hydrogen-bond acceptors (Lipinski definition) is 4. The largest absolute Gasteiger partial charge is 0.478 e. The molecule has 0 saturated heterocycles. The number of halogens is 1. The van der Waals surface area contributed by atoms with Crippen molar-refractivity contribution in [3.8, 4) is 0 Å². The number of hydrogen-bond donors (Lipinski definition) is 1. The molecule has 0 bridgehead atoms. The zero-order valence-electron chi connectivity index (χ0n) is 11.3. The van der Waals surface area contributed by atoms with Gasteiger partial charge in [-0.3, -0.25) is 0 Å². The van der Waals surface area contributed by atoms with Gasteiger partial charge in [-0.2, -0.15) is 0 Å². The number of carboxylic acids is 1. The predicted molar refractivity (Wildman–Crippen MR) is 76.3 cm³/mol. The normalized spacial score (nSPS) is 11.6. The molecule has 112 valence electrons. The Balaban J connectivity index is 3.09. The molecule has 1 N–H and O–H groups in total. The Morgan fingerprint density at radius 1 is 1.35 bits per heavy atom. The molecule has 20 heavy (non-hydrogen) atoms. The maximum absolute atomic E-state index is 12.2. The molecule has 0 aliphatic heterocycles. The number of carbonyl (C=O) groups is 1. The van der Waals surface area contributed by atoms with Crippen molar-refractivity contribution in [3.05, 3.63) is 28.3 Å². The fraction of sp³-hybridized carbons (Fsp3) is 0.462. The van der Waals surface area contributed by atoms with Crippen LogP contribution in [0, 0.1) is 6.92 Å². The molecule has 0 saturated carbocycles. The first kappa shape index (κ1) is 16.9. The number of rotatable bonds is 7. The SMILES string of the molecule is CCCOCCS(=O)(=O)c1cc(Cl)cc(C(=O)O)c1C. The maximum atomic E-state index is 12.2. The topological polar surface area (TPSA) is 80.7 Å². The highest BCUT2D eigenvalue weighted by Crippen LogP contribution is 2.25. The van der Waals surface area contributed by atoms with E-state index >= 15 is 0 Å². The number of sulfone groups is 1. The Labute approximate surface area is 123 Å². The molecule has 1 aromatic rings. The summed E-state index contributed by atoms with van der Waals surface area (Å²) in [5, 5.41) is 9.13. The summed E-state index contributed by atoms with van der Waals surface area (Å²) >= 11 is 5.80. The second-order valence-electron chi connectivity index (χ2n) is 4.31. The Morgan fingerprint density at radius 2 is 2.00 bits per heavy atom. The van der Waals surface area contributed by atoms with E-state index in [1.54, 1.807) is 0 Å². The van der Waals surface area contributed by atoms with E-state index < -0.39 is 15.8 Å². The van der Waals surface area contributed by atoms with Crippen molar-refractivity contribution in [2.24, 2.45) is 0 Å². The zero-order chi connectivity index (χ0) is 15.3. The van der Waals surface area contributed by atoms with Crippen molar-refractivity contribution in [2.45, 2.75) is 25.2 Å². The second kappa shape index (κ2) is 7.06. The van der Waals surface area contributed by atoms with Crippen molar-refractivity contribution in [1.29, 1.82) is 0 Å². The van der Waals surface area contributed by atoms with Crippen LogP contribution in [-0.4, -0.2) is 38.5 Å². The van der Waals surface area contributed by atoms with Gasteiger partial charge in [0.05, 0.1) is 22.8 Å². The molecule has 0 aliphatic rings. The van der Waals surface area contributed by atoms with Crippen LogP contribution in [0.15, 0.2) is 17.0 Å². The molecule has 0 spiro atoms. The molecule has 0 aromatic heterocycles. The fourth-order valence-electron chi connectivity index (χ4n) is 1.72. The van der Waals surface area contributed by atoms with Gasteiger partial charge in [0.25, 0.3) is 0 Å². The van der Waals surface area contributed by atoms with E-state index in [1.165, 1.54) is 19.1 Å². The Bertz CT molecular complexity index is 595. The average molecular weight is 321 g/mol.